The molecule has 110 valence electrons. The van der Waals surface area contributed by atoms with Crippen molar-refractivity contribution in [2.45, 2.75) is 13.8 Å². The van der Waals surface area contributed by atoms with Crippen molar-refractivity contribution in [2.24, 2.45) is 7.05 Å². The second kappa shape index (κ2) is 5.88. The lowest BCUT2D eigenvalue weighted by Gasteiger charge is -2.10. The molecule has 2 aromatic rings. The minimum Gasteiger partial charge on any atom is -0.332 e. The Morgan fingerprint density at radius 1 is 1.38 bits per heavy atom. The fourth-order valence-electron chi connectivity index (χ4n) is 1.93. The van der Waals surface area contributed by atoms with E-state index < -0.39 is 4.92 Å². The number of nitro benzene ring substituents is 1. The van der Waals surface area contributed by atoms with Gasteiger partial charge in [-0.15, -0.1) is 0 Å². The number of non-ortho nitro benzene ring substituents is 1. The van der Waals surface area contributed by atoms with Crippen LogP contribution in [0.25, 0.3) is 0 Å². The van der Waals surface area contributed by atoms with Crippen LogP contribution in [0.15, 0.2) is 24.3 Å². The third-order valence-corrected chi connectivity index (χ3v) is 3.27. The van der Waals surface area contributed by atoms with E-state index in [1.807, 2.05) is 20.9 Å². The number of hydrogen-bond donors (Lipinski definition) is 2. The van der Waals surface area contributed by atoms with Crippen LogP contribution < -0.4 is 10.6 Å². The Bertz CT molecular complexity index is 711. The monoisotopic (exact) mass is 305 g/mol. The molecule has 0 atom stereocenters. The highest BCUT2D eigenvalue weighted by Gasteiger charge is 2.11. The number of aromatic nitrogens is 2. The van der Waals surface area contributed by atoms with Crippen molar-refractivity contribution in [2.75, 3.05) is 10.6 Å². The Labute approximate surface area is 127 Å². The highest BCUT2D eigenvalue weighted by molar-refractivity contribution is 7.80. The van der Waals surface area contributed by atoms with Gasteiger partial charge < -0.3 is 10.6 Å². The fraction of sp³-hybridized carbons (Fsp3) is 0.231. The largest absolute Gasteiger partial charge is 0.332 e. The number of nitrogens with zero attached hydrogens (tertiary/aromatic N) is 3. The van der Waals surface area contributed by atoms with E-state index in [-0.39, 0.29) is 5.69 Å². The molecule has 0 amide bonds. The molecule has 0 saturated heterocycles. The Morgan fingerprint density at radius 3 is 2.67 bits per heavy atom. The first kappa shape index (κ1) is 14.9. The van der Waals surface area contributed by atoms with E-state index in [1.54, 1.807) is 16.8 Å². The van der Waals surface area contributed by atoms with Crippen molar-refractivity contribution in [3.63, 3.8) is 0 Å². The van der Waals surface area contributed by atoms with Crippen molar-refractivity contribution >= 4 is 34.4 Å². The first-order chi connectivity index (χ1) is 9.88. The minimum absolute atomic E-state index is 0.0107. The smallest absolute Gasteiger partial charge is 0.271 e. The van der Waals surface area contributed by atoms with Crippen LogP contribution in [-0.4, -0.2) is 19.8 Å². The summed E-state index contributed by atoms with van der Waals surface area (Å²) >= 11 is 5.23. The molecule has 0 aliphatic heterocycles. The number of anilines is 2. The van der Waals surface area contributed by atoms with Gasteiger partial charge in [-0.05, 0) is 32.1 Å². The second-order valence-electron chi connectivity index (χ2n) is 4.56. The molecule has 0 radical (unpaired) electrons. The molecule has 0 aliphatic carbocycles. The van der Waals surface area contributed by atoms with Gasteiger partial charge in [0, 0.05) is 24.9 Å². The third-order valence-electron chi connectivity index (χ3n) is 3.06. The molecule has 2 rings (SSSR count). The Morgan fingerprint density at radius 2 is 2.10 bits per heavy atom. The number of benzene rings is 1. The average Bonchev–Trinajstić information content (AvgIpc) is 2.65. The summed E-state index contributed by atoms with van der Waals surface area (Å²) in [4.78, 5) is 10.3. The molecule has 7 nitrogen and oxygen atoms in total. The van der Waals surface area contributed by atoms with E-state index in [0.717, 1.165) is 17.1 Å². The number of hydrogen-bond acceptors (Lipinski definition) is 4. The summed E-state index contributed by atoms with van der Waals surface area (Å²) in [5, 5.41) is 21.4. The van der Waals surface area contributed by atoms with Gasteiger partial charge in [-0.3, -0.25) is 14.8 Å². The normalized spacial score (nSPS) is 10.2. The standard InChI is InChI=1S/C13H15N5O2S/c1-8-12(9(2)17(3)16-8)15-13(21)14-10-5-4-6-11(7-10)18(19)20/h4-7H,1-3H3,(H2,14,15,21). The number of nitro groups is 1. The van der Waals surface area contributed by atoms with Crippen molar-refractivity contribution in [1.82, 2.24) is 9.78 Å². The Balaban J connectivity index is 2.12. The lowest BCUT2D eigenvalue weighted by molar-refractivity contribution is -0.384. The van der Waals surface area contributed by atoms with E-state index in [9.17, 15) is 10.1 Å². The molecular weight excluding hydrogens is 290 g/mol. The Kier molecular flexibility index (Phi) is 4.18. The van der Waals surface area contributed by atoms with Crippen LogP contribution in [0.4, 0.5) is 17.1 Å². The topological polar surface area (TPSA) is 85.0 Å². The van der Waals surface area contributed by atoms with Gasteiger partial charge >= 0.3 is 0 Å². The van der Waals surface area contributed by atoms with Crippen LogP contribution in [0.5, 0.6) is 0 Å². The van der Waals surface area contributed by atoms with Crippen LogP contribution in [0.3, 0.4) is 0 Å². The molecule has 2 N–H and O–H groups in total. The molecule has 1 heterocycles. The van der Waals surface area contributed by atoms with Gasteiger partial charge in [-0.25, -0.2) is 0 Å². The maximum atomic E-state index is 10.7. The van der Waals surface area contributed by atoms with E-state index in [2.05, 4.69) is 15.7 Å². The maximum absolute atomic E-state index is 10.7. The first-order valence-electron chi connectivity index (χ1n) is 6.21. The molecule has 0 spiro atoms. The zero-order valence-electron chi connectivity index (χ0n) is 11.9. The van der Waals surface area contributed by atoms with E-state index >= 15 is 0 Å². The van der Waals surface area contributed by atoms with Crippen LogP contribution in [-0.2, 0) is 7.05 Å². The fourth-order valence-corrected chi connectivity index (χ4v) is 2.15. The van der Waals surface area contributed by atoms with E-state index in [4.69, 9.17) is 12.2 Å². The van der Waals surface area contributed by atoms with Crippen molar-refractivity contribution in [3.05, 3.63) is 45.8 Å². The van der Waals surface area contributed by atoms with Gasteiger partial charge in [0.15, 0.2) is 5.11 Å². The number of thiocarbonyl (C=S) groups is 1. The van der Waals surface area contributed by atoms with Crippen LogP contribution in [0.2, 0.25) is 0 Å². The molecule has 0 aliphatic rings. The zero-order chi connectivity index (χ0) is 15.6. The average molecular weight is 305 g/mol. The van der Waals surface area contributed by atoms with E-state index in [1.165, 1.54) is 12.1 Å². The van der Waals surface area contributed by atoms with Gasteiger partial charge in [-0.1, -0.05) is 6.07 Å². The lowest BCUT2D eigenvalue weighted by Crippen LogP contribution is -2.20. The minimum atomic E-state index is -0.447. The van der Waals surface area contributed by atoms with Crippen molar-refractivity contribution in [3.8, 4) is 0 Å². The summed E-state index contributed by atoms with van der Waals surface area (Å²) in [6.07, 6.45) is 0. The van der Waals surface area contributed by atoms with Gasteiger partial charge in [0.25, 0.3) is 5.69 Å². The Hall–Kier alpha value is -2.48. The van der Waals surface area contributed by atoms with E-state index in [0.29, 0.717) is 10.8 Å². The van der Waals surface area contributed by atoms with Crippen LogP contribution in [0, 0.1) is 24.0 Å². The molecule has 1 aromatic heterocycles. The number of rotatable bonds is 3. The maximum Gasteiger partial charge on any atom is 0.271 e. The van der Waals surface area contributed by atoms with Gasteiger partial charge in [-0.2, -0.15) is 5.10 Å². The summed E-state index contributed by atoms with van der Waals surface area (Å²) < 4.78 is 1.76. The molecule has 0 bridgehead atoms. The van der Waals surface area contributed by atoms with Crippen LogP contribution >= 0.6 is 12.2 Å². The second-order valence-corrected chi connectivity index (χ2v) is 4.96. The predicted molar refractivity (Wildman–Crippen MR) is 85.6 cm³/mol. The molecule has 8 heteroatoms. The number of aryl methyl sites for hydroxylation is 2. The summed E-state index contributed by atoms with van der Waals surface area (Å²) in [5.74, 6) is 0. The summed E-state index contributed by atoms with van der Waals surface area (Å²) in [6.45, 7) is 3.81. The molecule has 21 heavy (non-hydrogen) atoms. The highest BCUT2D eigenvalue weighted by Crippen LogP contribution is 2.20. The summed E-state index contributed by atoms with van der Waals surface area (Å²) in [7, 11) is 1.85. The van der Waals surface area contributed by atoms with Crippen LogP contribution in [0.1, 0.15) is 11.4 Å². The summed E-state index contributed by atoms with van der Waals surface area (Å²) in [6, 6.07) is 6.17. The molecule has 0 unspecified atom stereocenters. The predicted octanol–water partition coefficient (Wildman–Crippen LogP) is 2.75. The highest BCUT2D eigenvalue weighted by atomic mass is 32.1. The number of nitrogens with one attached hydrogen (secondary N) is 2. The SMILES string of the molecule is Cc1nn(C)c(C)c1NC(=S)Nc1cccc([N+](=O)[O-])c1. The zero-order valence-corrected chi connectivity index (χ0v) is 12.7. The van der Waals surface area contributed by atoms with Gasteiger partial charge in [0.2, 0.25) is 0 Å². The molecule has 0 saturated carbocycles. The first-order valence-corrected chi connectivity index (χ1v) is 6.62. The van der Waals surface area contributed by atoms with Gasteiger partial charge in [0.1, 0.15) is 0 Å². The van der Waals surface area contributed by atoms with Crippen molar-refractivity contribution < 1.29 is 4.92 Å². The molecule has 1 aromatic carbocycles. The lowest BCUT2D eigenvalue weighted by atomic mass is 10.3. The van der Waals surface area contributed by atoms with Crippen molar-refractivity contribution in [1.29, 1.82) is 0 Å². The molecule has 0 fully saturated rings. The van der Waals surface area contributed by atoms with Gasteiger partial charge in [0.05, 0.1) is 22.0 Å². The quantitative estimate of drug-likeness (QED) is 0.515. The third kappa shape index (κ3) is 3.34. The summed E-state index contributed by atoms with van der Waals surface area (Å²) in [5.41, 5.74) is 3.19. The molecular formula is C13H15N5O2S.